The van der Waals surface area contributed by atoms with E-state index in [1.807, 2.05) is 12.1 Å². The summed E-state index contributed by atoms with van der Waals surface area (Å²) in [6.45, 7) is 5.48. The summed E-state index contributed by atoms with van der Waals surface area (Å²) in [6.07, 6.45) is 1.90. The minimum absolute atomic E-state index is 0.276. The third-order valence-corrected chi connectivity index (χ3v) is 2.78. The monoisotopic (exact) mass is 222 g/mol. The number of hydrogen-bond donors (Lipinski definition) is 2. The fourth-order valence-corrected chi connectivity index (χ4v) is 1.69. The van der Waals surface area contributed by atoms with Crippen LogP contribution in [-0.4, -0.2) is 36.2 Å². The second-order valence-corrected chi connectivity index (χ2v) is 4.00. The van der Waals surface area contributed by atoms with Gasteiger partial charge < -0.3 is 15.7 Å². The second kappa shape index (κ2) is 7.25. The van der Waals surface area contributed by atoms with E-state index in [-0.39, 0.29) is 6.61 Å². The number of nitrogen functional groups attached to an aromatic ring is 1. The lowest BCUT2D eigenvalue weighted by atomic mass is 10.1. The van der Waals surface area contributed by atoms with Crippen LogP contribution in [0.2, 0.25) is 0 Å². The molecule has 1 aromatic rings. The predicted molar refractivity (Wildman–Crippen MR) is 68.4 cm³/mol. The Balaban J connectivity index is 2.34. The molecule has 0 heterocycles. The van der Waals surface area contributed by atoms with E-state index in [0.717, 1.165) is 38.2 Å². The quantitative estimate of drug-likeness (QED) is 0.688. The Morgan fingerprint density at radius 2 is 1.88 bits per heavy atom. The molecule has 0 saturated heterocycles. The molecular weight excluding hydrogens is 200 g/mol. The molecule has 1 rings (SSSR count). The van der Waals surface area contributed by atoms with Gasteiger partial charge in [0.15, 0.2) is 0 Å². The maximum atomic E-state index is 8.79. The van der Waals surface area contributed by atoms with Gasteiger partial charge in [-0.25, -0.2) is 0 Å². The van der Waals surface area contributed by atoms with Crippen molar-refractivity contribution in [2.24, 2.45) is 0 Å². The minimum Gasteiger partial charge on any atom is -0.399 e. The van der Waals surface area contributed by atoms with Crippen LogP contribution in [0.4, 0.5) is 5.69 Å². The number of nitrogens with two attached hydrogens (primary N) is 1. The number of aliphatic hydroxyl groups is 1. The molecule has 0 saturated carbocycles. The SMILES string of the molecule is CCN(CCCO)CCc1ccc(N)cc1. The van der Waals surface area contributed by atoms with Gasteiger partial charge in [-0.3, -0.25) is 0 Å². The highest BCUT2D eigenvalue weighted by atomic mass is 16.3. The molecule has 0 radical (unpaired) electrons. The van der Waals surface area contributed by atoms with Crippen LogP contribution >= 0.6 is 0 Å². The molecule has 16 heavy (non-hydrogen) atoms. The van der Waals surface area contributed by atoms with Crippen LogP contribution in [0.3, 0.4) is 0 Å². The molecule has 0 unspecified atom stereocenters. The number of hydrogen-bond acceptors (Lipinski definition) is 3. The van der Waals surface area contributed by atoms with E-state index < -0.39 is 0 Å². The fourth-order valence-electron chi connectivity index (χ4n) is 1.69. The van der Waals surface area contributed by atoms with Gasteiger partial charge in [0, 0.05) is 25.4 Å². The standard InChI is InChI=1S/C13H22N2O/c1-2-15(9-3-11-16)10-8-12-4-6-13(14)7-5-12/h4-7,16H,2-3,8-11,14H2,1H3. The number of aliphatic hydroxyl groups excluding tert-OH is 1. The highest BCUT2D eigenvalue weighted by Crippen LogP contribution is 2.06. The average molecular weight is 222 g/mol. The first-order chi connectivity index (χ1) is 7.76. The van der Waals surface area contributed by atoms with Crippen molar-refractivity contribution in [1.82, 2.24) is 4.90 Å². The van der Waals surface area contributed by atoms with Crippen LogP contribution in [-0.2, 0) is 6.42 Å². The maximum absolute atomic E-state index is 8.79. The van der Waals surface area contributed by atoms with Gasteiger partial charge >= 0.3 is 0 Å². The number of anilines is 1. The Kier molecular flexibility index (Phi) is 5.90. The van der Waals surface area contributed by atoms with Gasteiger partial charge in [-0.05, 0) is 37.1 Å². The first-order valence-corrected chi connectivity index (χ1v) is 5.94. The largest absolute Gasteiger partial charge is 0.399 e. The van der Waals surface area contributed by atoms with Crippen molar-refractivity contribution in [3.05, 3.63) is 29.8 Å². The summed E-state index contributed by atoms with van der Waals surface area (Å²) in [6, 6.07) is 8.04. The van der Waals surface area contributed by atoms with Crippen molar-refractivity contribution in [3.8, 4) is 0 Å². The molecule has 0 aliphatic heterocycles. The third-order valence-electron chi connectivity index (χ3n) is 2.78. The summed E-state index contributed by atoms with van der Waals surface area (Å²) in [5.74, 6) is 0. The van der Waals surface area contributed by atoms with Crippen molar-refractivity contribution in [1.29, 1.82) is 0 Å². The lowest BCUT2D eigenvalue weighted by Crippen LogP contribution is -2.27. The van der Waals surface area contributed by atoms with E-state index in [1.165, 1.54) is 5.56 Å². The first-order valence-electron chi connectivity index (χ1n) is 5.94. The van der Waals surface area contributed by atoms with Crippen LogP contribution in [0.1, 0.15) is 18.9 Å². The van der Waals surface area contributed by atoms with Gasteiger partial charge in [0.25, 0.3) is 0 Å². The molecule has 90 valence electrons. The molecule has 0 aromatic heterocycles. The summed E-state index contributed by atoms with van der Waals surface area (Å²) < 4.78 is 0. The zero-order valence-corrected chi connectivity index (χ0v) is 10.0. The number of nitrogens with zero attached hydrogens (tertiary/aromatic N) is 1. The zero-order valence-electron chi connectivity index (χ0n) is 10.0. The van der Waals surface area contributed by atoms with E-state index in [2.05, 4.69) is 24.0 Å². The number of likely N-dealkylation sites (N-methyl/N-ethyl adjacent to an activating group) is 1. The molecule has 0 aliphatic carbocycles. The van der Waals surface area contributed by atoms with Crippen molar-refractivity contribution < 1.29 is 5.11 Å². The van der Waals surface area contributed by atoms with Crippen LogP contribution in [0.15, 0.2) is 24.3 Å². The molecule has 3 heteroatoms. The normalized spacial score (nSPS) is 10.9. The Bertz CT molecular complexity index is 284. The van der Waals surface area contributed by atoms with Crippen molar-refractivity contribution in [2.45, 2.75) is 19.8 Å². The topological polar surface area (TPSA) is 49.5 Å². The Morgan fingerprint density at radius 3 is 2.44 bits per heavy atom. The van der Waals surface area contributed by atoms with E-state index in [9.17, 15) is 0 Å². The molecule has 0 atom stereocenters. The summed E-state index contributed by atoms with van der Waals surface area (Å²) >= 11 is 0. The summed E-state index contributed by atoms with van der Waals surface area (Å²) in [5.41, 5.74) is 7.77. The summed E-state index contributed by atoms with van der Waals surface area (Å²) in [4.78, 5) is 2.35. The van der Waals surface area contributed by atoms with Gasteiger partial charge in [-0.15, -0.1) is 0 Å². The van der Waals surface area contributed by atoms with Crippen LogP contribution in [0.25, 0.3) is 0 Å². The van der Waals surface area contributed by atoms with E-state index >= 15 is 0 Å². The Hall–Kier alpha value is -1.06. The predicted octanol–water partition coefficient (Wildman–Crippen LogP) is 1.52. The molecule has 0 amide bonds. The van der Waals surface area contributed by atoms with Gasteiger partial charge in [-0.1, -0.05) is 19.1 Å². The smallest absolute Gasteiger partial charge is 0.0443 e. The molecule has 0 aliphatic rings. The summed E-state index contributed by atoms with van der Waals surface area (Å²) in [5, 5.41) is 8.79. The number of rotatable bonds is 7. The van der Waals surface area contributed by atoms with Gasteiger partial charge in [0.05, 0.1) is 0 Å². The second-order valence-electron chi connectivity index (χ2n) is 4.00. The van der Waals surface area contributed by atoms with Gasteiger partial charge in [0.2, 0.25) is 0 Å². The first kappa shape index (κ1) is 13.0. The van der Waals surface area contributed by atoms with E-state index in [0.29, 0.717) is 0 Å². The average Bonchev–Trinajstić information content (AvgIpc) is 2.32. The van der Waals surface area contributed by atoms with E-state index in [1.54, 1.807) is 0 Å². The summed E-state index contributed by atoms with van der Waals surface area (Å²) in [7, 11) is 0. The molecule has 1 aromatic carbocycles. The third kappa shape index (κ3) is 4.64. The molecule has 0 spiro atoms. The Labute approximate surface area is 97.9 Å². The zero-order chi connectivity index (χ0) is 11.8. The molecule has 0 fully saturated rings. The van der Waals surface area contributed by atoms with Gasteiger partial charge in [-0.2, -0.15) is 0 Å². The van der Waals surface area contributed by atoms with Crippen molar-refractivity contribution in [2.75, 3.05) is 32.0 Å². The number of benzene rings is 1. The van der Waals surface area contributed by atoms with Crippen molar-refractivity contribution >= 4 is 5.69 Å². The maximum Gasteiger partial charge on any atom is 0.0443 e. The van der Waals surface area contributed by atoms with Crippen LogP contribution in [0.5, 0.6) is 0 Å². The van der Waals surface area contributed by atoms with E-state index in [4.69, 9.17) is 10.8 Å². The van der Waals surface area contributed by atoms with Gasteiger partial charge in [0.1, 0.15) is 0 Å². The fraction of sp³-hybridized carbons (Fsp3) is 0.538. The molecular formula is C13H22N2O. The van der Waals surface area contributed by atoms with Crippen LogP contribution < -0.4 is 5.73 Å². The molecule has 3 N–H and O–H groups in total. The molecule has 3 nitrogen and oxygen atoms in total. The lowest BCUT2D eigenvalue weighted by Gasteiger charge is -2.19. The van der Waals surface area contributed by atoms with Crippen LogP contribution in [0, 0.1) is 0 Å². The highest BCUT2D eigenvalue weighted by Gasteiger charge is 2.02. The molecule has 0 bridgehead atoms. The Morgan fingerprint density at radius 1 is 1.19 bits per heavy atom. The highest BCUT2D eigenvalue weighted by molar-refractivity contribution is 5.39. The minimum atomic E-state index is 0.276. The lowest BCUT2D eigenvalue weighted by molar-refractivity contribution is 0.231. The van der Waals surface area contributed by atoms with Crippen molar-refractivity contribution in [3.63, 3.8) is 0 Å².